The number of anilines is 7. The van der Waals surface area contributed by atoms with E-state index >= 15 is 0 Å². The number of methoxy groups -OCH3 is 1. The van der Waals surface area contributed by atoms with Gasteiger partial charge in [-0.1, -0.05) is 0 Å². The molecule has 0 radical (unpaired) electrons. The number of amides is 1. The second-order valence-electron chi connectivity index (χ2n) is 11.8. The second kappa shape index (κ2) is 14.9. The lowest BCUT2D eigenvalue weighted by atomic mass is 10.1. The Morgan fingerprint density at radius 3 is 1.98 bits per heavy atom. The number of benzene rings is 3. The minimum absolute atomic E-state index is 0.281. The van der Waals surface area contributed by atoms with E-state index in [1.54, 1.807) is 43.5 Å². The molecule has 0 spiro atoms. The van der Waals surface area contributed by atoms with Gasteiger partial charge in [0.1, 0.15) is 5.75 Å². The number of hydrogen-bond donors (Lipinski definition) is 4. The molecule has 0 bridgehead atoms. The summed E-state index contributed by atoms with van der Waals surface area (Å²) in [6.45, 7) is 3.05. The lowest BCUT2D eigenvalue weighted by Crippen LogP contribution is -2.40. The van der Waals surface area contributed by atoms with Crippen LogP contribution in [0, 0.1) is 0 Å². The fourth-order valence-corrected chi connectivity index (χ4v) is 5.72. The van der Waals surface area contributed by atoms with E-state index in [2.05, 4.69) is 25.8 Å². The number of aliphatic hydroxyl groups excluding tert-OH is 1. The molecule has 47 heavy (non-hydrogen) atoms. The van der Waals surface area contributed by atoms with Crippen LogP contribution in [0.2, 0.25) is 0 Å². The maximum Gasteiger partial charge on any atom is 0.233 e. The second-order valence-corrected chi connectivity index (χ2v) is 11.8. The van der Waals surface area contributed by atoms with E-state index in [0.717, 1.165) is 62.4 Å². The molecule has 244 valence electrons. The van der Waals surface area contributed by atoms with E-state index in [1.807, 2.05) is 41.3 Å². The topological polar surface area (TPSA) is 145 Å². The number of nitrogens with one attached hydrogen (secondary N) is 3. The largest absolute Gasteiger partial charge is 0.497 e. The number of Topliss-reactive ketones (excluding diaryl/α,β-unsaturated/α-hetero) is 1. The van der Waals surface area contributed by atoms with Gasteiger partial charge in [-0.05, 0) is 105 Å². The van der Waals surface area contributed by atoms with Crippen molar-refractivity contribution in [1.29, 1.82) is 0 Å². The first-order valence-electron chi connectivity index (χ1n) is 16.1. The number of aliphatic hydroxyl groups is 1. The van der Waals surface area contributed by atoms with Crippen molar-refractivity contribution in [3.63, 3.8) is 0 Å². The highest BCUT2D eigenvalue weighted by molar-refractivity contribution is 6.11. The first-order chi connectivity index (χ1) is 22.9. The van der Waals surface area contributed by atoms with Gasteiger partial charge in [0, 0.05) is 54.5 Å². The number of ether oxygens (including phenoxy) is 1. The molecule has 3 aromatic carbocycles. The third kappa shape index (κ3) is 8.53. The molecule has 4 aromatic rings. The molecule has 12 nitrogen and oxygen atoms in total. The number of nitrogens with zero attached hydrogens (tertiary/aromatic N) is 5. The number of carbonyl (C=O) groups is 2. The lowest BCUT2D eigenvalue weighted by molar-refractivity contribution is -0.115. The van der Waals surface area contributed by atoms with Crippen LogP contribution in [0.15, 0.2) is 72.8 Å². The van der Waals surface area contributed by atoms with Gasteiger partial charge in [0.25, 0.3) is 0 Å². The molecule has 12 heteroatoms. The van der Waals surface area contributed by atoms with Crippen LogP contribution in [-0.4, -0.2) is 71.1 Å². The minimum Gasteiger partial charge on any atom is -0.497 e. The van der Waals surface area contributed by atoms with Crippen molar-refractivity contribution in [2.24, 2.45) is 0 Å². The summed E-state index contributed by atoms with van der Waals surface area (Å²) in [5.74, 6) is 1.67. The highest BCUT2D eigenvalue weighted by Crippen LogP contribution is 2.25. The zero-order valence-corrected chi connectivity index (χ0v) is 26.5. The van der Waals surface area contributed by atoms with Crippen molar-refractivity contribution >= 4 is 52.3 Å². The number of rotatable bonds is 11. The smallest absolute Gasteiger partial charge is 0.233 e. The predicted molar refractivity (Wildman–Crippen MR) is 183 cm³/mol. The van der Waals surface area contributed by atoms with Crippen LogP contribution in [0.25, 0.3) is 0 Å². The molecule has 4 N–H and O–H groups in total. The van der Waals surface area contributed by atoms with Gasteiger partial charge in [-0.2, -0.15) is 15.0 Å². The summed E-state index contributed by atoms with van der Waals surface area (Å²) in [6, 6.07) is 21.8. The third-order valence-corrected chi connectivity index (χ3v) is 8.26. The van der Waals surface area contributed by atoms with Crippen molar-refractivity contribution < 1.29 is 19.4 Å². The highest BCUT2D eigenvalue weighted by atomic mass is 16.5. The first kappa shape index (κ1) is 31.7. The summed E-state index contributed by atoms with van der Waals surface area (Å²) >= 11 is 0. The molecule has 0 saturated carbocycles. The Kier molecular flexibility index (Phi) is 10.1. The van der Waals surface area contributed by atoms with Gasteiger partial charge in [-0.15, -0.1) is 0 Å². The average Bonchev–Trinajstić information content (AvgIpc) is 3.10. The Morgan fingerprint density at radius 1 is 0.745 bits per heavy atom. The molecule has 1 unspecified atom stereocenters. The Hall–Kier alpha value is -5.23. The van der Waals surface area contributed by atoms with Crippen LogP contribution in [-0.2, 0) is 4.79 Å². The predicted octanol–water partition coefficient (Wildman–Crippen LogP) is 5.53. The Bertz CT molecular complexity index is 1660. The number of piperidine rings is 2. The number of hydrogen-bond acceptors (Lipinski definition) is 11. The Balaban J connectivity index is 1.05. The lowest BCUT2D eigenvalue weighted by Gasteiger charge is -2.32. The van der Waals surface area contributed by atoms with Crippen LogP contribution in [0.3, 0.4) is 0 Å². The van der Waals surface area contributed by atoms with Crippen molar-refractivity contribution in [2.75, 3.05) is 59.0 Å². The summed E-state index contributed by atoms with van der Waals surface area (Å²) in [7, 11) is 1.63. The number of carbonyl (C=O) groups excluding carboxylic acids is 2. The molecule has 2 aliphatic rings. The zero-order valence-electron chi connectivity index (χ0n) is 26.5. The van der Waals surface area contributed by atoms with Crippen LogP contribution in [0.1, 0.15) is 48.9 Å². The van der Waals surface area contributed by atoms with Gasteiger partial charge in [0.05, 0.1) is 19.6 Å². The standard InChI is InChI=1S/C35H40N8O4/c1-47-30-17-15-26(16-18-30)36-25-11-13-27(14-12-25)37-32(46)22-31(45)24-7-9-28(10-8-24)38-33-39-34(42-19-3-2-4-20-42)41-35(40-33)43-21-5-6-29(44)23-43/h7-18,29,36,44H,2-6,19-23H2,1H3,(H,37,46)(H,38,39,40,41). The maximum atomic E-state index is 12.9. The van der Waals surface area contributed by atoms with Gasteiger partial charge in [-0.25, -0.2) is 0 Å². The van der Waals surface area contributed by atoms with E-state index in [4.69, 9.17) is 14.7 Å². The highest BCUT2D eigenvalue weighted by Gasteiger charge is 2.23. The van der Waals surface area contributed by atoms with E-state index in [-0.39, 0.29) is 18.1 Å². The number of ketones is 1. The van der Waals surface area contributed by atoms with E-state index in [0.29, 0.717) is 41.3 Å². The van der Waals surface area contributed by atoms with E-state index < -0.39 is 6.10 Å². The molecular formula is C35H40N8O4. The Morgan fingerprint density at radius 2 is 1.32 bits per heavy atom. The average molecular weight is 637 g/mol. The molecule has 1 atom stereocenters. The van der Waals surface area contributed by atoms with Gasteiger partial charge in [0.2, 0.25) is 23.8 Å². The molecule has 3 heterocycles. The first-order valence-corrected chi connectivity index (χ1v) is 16.1. The molecule has 2 aliphatic heterocycles. The van der Waals surface area contributed by atoms with Gasteiger partial charge in [0.15, 0.2) is 5.78 Å². The fourth-order valence-electron chi connectivity index (χ4n) is 5.72. The normalized spacial score (nSPS) is 16.3. The van der Waals surface area contributed by atoms with E-state index in [1.165, 1.54) is 6.42 Å². The van der Waals surface area contributed by atoms with Gasteiger partial charge >= 0.3 is 0 Å². The SMILES string of the molecule is COc1ccc(Nc2ccc(NC(=O)CC(=O)c3ccc(Nc4nc(N5CCCCC5)nc(N5CCCC(O)C5)n4)cc3)cc2)cc1. The summed E-state index contributed by atoms with van der Waals surface area (Å²) in [5.41, 5.74) is 3.50. The van der Waals surface area contributed by atoms with Gasteiger partial charge < -0.3 is 35.6 Å². The molecule has 0 aliphatic carbocycles. The summed E-state index contributed by atoms with van der Waals surface area (Å²) in [5, 5.41) is 19.6. The zero-order chi connectivity index (χ0) is 32.6. The van der Waals surface area contributed by atoms with Crippen LogP contribution < -0.4 is 30.5 Å². The van der Waals surface area contributed by atoms with Crippen molar-refractivity contribution in [2.45, 2.75) is 44.6 Å². The number of aromatic nitrogens is 3. The molecule has 2 saturated heterocycles. The van der Waals surface area contributed by atoms with Crippen molar-refractivity contribution in [3.05, 3.63) is 78.4 Å². The van der Waals surface area contributed by atoms with Crippen LogP contribution in [0.4, 0.5) is 40.6 Å². The summed E-state index contributed by atoms with van der Waals surface area (Å²) in [4.78, 5) is 43.9. The Labute approximate surface area is 274 Å². The van der Waals surface area contributed by atoms with Gasteiger partial charge in [-0.3, -0.25) is 9.59 Å². The monoisotopic (exact) mass is 636 g/mol. The fraction of sp³-hybridized carbons (Fsp3) is 0.343. The maximum absolute atomic E-state index is 12.9. The minimum atomic E-state index is -0.406. The number of β-amino-alcohol motifs (C(OH)–C–C–N with tert-alkyl or cyclic N) is 1. The quantitative estimate of drug-likeness (QED) is 0.122. The molecule has 6 rings (SSSR count). The molecule has 1 aromatic heterocycles. The summed E-state index contributed by atoms with van der Waals surface area (Å²) < 4.78 is 5.19. The van der Waals surface area contributed by atoms with E-state index in [9.17, 15) is 14.7 Å². The molecule has 2 fully saturated rings. The van der Waals surface area contributed by atoms with Crippen molar-refractivity contribution in [1.82, 2.24) is 15.0 Å². The van der Waals surface area contributed by atoms with Crippen LogP contribution >= 0.6 is 0 Å². The molecular weight excluding hydrogens is 596 g/mol. The van der Waals surface area contributed by atoms with Crippen molar-refractivity contribution in [3.8, 4) is 5.75 Å². The van der Waals surface area contributed by atoms with Crippen LogP contribution in [0.5, 0.6) is 5.75 Å². The third-order valence-electron chi connectivity index (χ3n) is 8.26. The summed E-state index contributed by atoms with van der Waals surface area (Å²) in [6.07, 6.45) is 4.34. The molecule has 1 amide bonds.